The van der Waals surface area contributed by atoms with Crippen molar-refractivity contribution in [1.82, 2.24) is 5.32 Å². The summed E-state index contributed by atoms with van der Waals surface area (Å²) in [5, 5.41) is 13.1. The number of hydrogen-bond donors (Lipinski definition) is 2. The molecule has 0 amide bonds. The Labute approximate surface area is 117 Å². The maximum Gasteiger partial charge on any atom is 0.0451 e. The molecule has 0 spiro atoms. The Balaban J connectivity index is 2.42. The molecule has 2 nitrogen and oxygen atoms in total. The molecule has 2 N–H and O–H groups in total. The molecule has 0 aromatic heterocycles. The number of rotatable bonds is 7. The molecule has 1 aromatic carbocycles. The molecule has 1 aromatic rings. The largest absolute Gasteiger partial charge is 0.396 e. The van der Waals surface area contributed by atoms with Gasteiger partial charge in [-0.05, 0) is 42.6 Å². The molecular formula is C13H19BrClNO. The first-order valence-corrected chi connectivity index (χ1v) is 7.10. The molecule has 1 rings (SSSR count). The molecule has 0 fully saturated rings. The third kappa shape index (κ3) is 5.38. The monoisotopic (exact) mass is 319 g/mol. The number of benzene rings is 1. The maximum absolute atomic E-state index is 8.91. The Kier molecular flexibility index (Phi) is 7.12. The lowest BCUT2D eigenvalue weighted by atomic mass is 10.0. The van der Waals surface area contributed by atoms with E-state index in [2.05, 4.69) is 28.2 Å². The second kappa shape index (κ2) is 8.09. The summed E-state index contributed by atoms with van der Waals surface area (Å²) in [7, 11) is 0. The molecule has 17 heavy (non-hydrogen) atoms. The molecule has 0 saturated heterocycles. The van der Waals surface area contributed by atoms with Gasteiger partial charge in [0.05, 0.1) is 0 Å². The van der Waals surface area contributed by atoms with E-state index in [0.29, 0.717) is 5.92 Å². The standard InChI is InChI=1S/C13H19BrClNO/c1-2-10(5-6-17)8-16-9-11-7-12(14)3-4-13(11)15/h3-4,7,10,16-17H,2,5-6,8-9H2,1H3. The molecule has 1 atom stereocenters. The molecule has 0 heterocycles. The highest BCUT2D eigenvalue weighted by Gasteiger charge is 2.06. The quantitative estimate of drug-likeness (QED) is 0.804. The van der Waals surface area contributed by atoms with Crippen LogP contribution in [0.3, 0.4) is 0 Å². The average Bonchev–Trinajstić information content (AvgIpc) is 2.32. The van der Waals surface area contributed by atoms with Gasteiger partial charge in [0.2, 0.25) is 0 Å². The summed E-state index contributed by atoms with van der Waals surface area (Å²) in [6, 6.07) is 5.86. The van der Waals surface area contributed by atoms with Crippen molar-refractivity contribution in [3.63, 3.8) is 0 Å². The van der Waals surface area contributed by atoms with Crippen LogP contribution in [0.2, 0.25) is 5.02 Å². The summed E-state index contributed by atoms with van der Waals surface area (Å²) in [5.74, 6) is 0.533. The minimum atomic E-state index is 0.262. The van der Waals surface area contributed by atoms with Crippen LogP contribution in [0.4, 0.5) is 0 Å². The fourth-order valence-electron chi connectivity index (χ4n) is 1.72. The van der Waals surface area contributed by atoms with Gasteiger partial charge in [-0.15, -0.1) is 0 Å². The Morgan fingerprint density at radius 2 is 2.24 bits per heavy atom. The SMILES string of the molecule is CCC(CCO)CNCc1cc(Br)ccc1Cl. The topological polar surface area (TPSA) is 32.3 Å². The van der Waals surface area contributed by atoms with Crippen molar-refractivity contribution in [2.24, 2.45) is 5.92 Å². The van der Waals surface area contributed by atoms with Crippen molar-refractivity contribution in [2.75, 3.05) is 13.2 Å². The molecule has 1 unspecified atom stereocenters. The lowest BCUT2D eigenvalue weighted by Gasteiger charge is -2.14. The van der Waals surface area contributed by atoms with E-state index >= 15 is 0 Å². The zero-order valence-electron chi connectivity index (χ0n) is 10.0. The summed E-state index contributed by atoms with van der Waals surface area (Å²) < 4.78 is 1.04. The lowest BCUT2D eigenvalue weighted by Crippen LogP contribution is -2.23. The molecule has 96 valence electrons. The van der Waals surface area contributed by atoms with Crippen molar-refractivity contribution >= 4 is 27.5 Å². The number of hydrogen-bond acceptors (Lipinski definition) is 2. The third-order valence-electron chi connectivity index (χ3n) is 2.87. The van der Waals surface area contributed by atoms with E-state index < -0.39 is 0 Å². The van der Waals surface area contributed by atoms with Crippen LogP contribution in [0.5, 0.6) is 0 Å². The summed E-state index contributed by atoms with van der Waals surface area (Å²) in [4.78, 5) is 0. The van der Waals surface area contributed by atoms with E-state index in [1.165, 1.54) is 0 Å². The van der Waals surface area contributed by atoms with Crippen LogP contribution < -0.4 is 5.32 Å². The van der Waals surface area contributed by atoms with Crippen molar-refractivity contribution in [2.45, 2.75) is 26.3 Å². The van der Waals surface area contributed by atoms with Gasteiger partial charge < -0.3 is 10.4 Å². The minimum absolute atomic E-state index is 0.262. The molecule has 0 aliphatic rings. The fraction of sp³-hybridized carbons (Fsp3) is 0.538. The summed E-state index contributed by atoms with van der Waals surface area (Å²) in [6.07, 6.45) is 1.94. The average molecular weight is 321 g/mol. The number of aliphatic hydroxyl groups is 1. The summed E-state index contributed by atoms with van der Waals surface area (Å²) in [5.41, 5.74) is 1.10. The second-order valence-electron chi connectivity index (χ2n) is 4.15. The van der Waals surface area contributed by atoms with Crippen LogP contribution in [-0.4, -0.2) is 18.3 Å². The number of nitrogens with one attached hydrogen (secondary N) is 1. The van der Waals surface area contributed by atoms with Crippen LogP contribution in [0, 0.1) is 5.92 Å². The van der Waals surface area contributed by atoms with E-state index in [1.807, 2.05) is 18.2 Å². The second-order valence-corrected chi connectivity index (χ2v) is 5.48. The zero-order chi connectivity index (χ0) is 12.7. The lowest BCUT2D eigenvalue weighted by molar-refractivity contribution is 0.251. The Bertz CT molecular complexity index is 346. The van der Waals surface area contributed by atoms with Crippen LogP contribution in [0.1, 0.15) is 25.3 Å². The van der Waals surface area contributed by atoms with Gasteiger partial charge in [0, 0.05) is 22.6 Å². The molecule has 0 bridgehead atoms. The molecule has 0 aliphatic carbocycles. The number of halogens is 2. The normalized spacial score (nSPS) is 12.7. The predicted octanol–water partition coefficient (Wildman–Crippen LogP) is 3.60. The highest BCUT2D eigenvalue weighted by atomic mass is 79.9. The predicted molar refractivity (Wildman–Crippen MR) is 76.3 cm³/mol. The third-order valence-corrected chi connectivity index (χ3v) is 3.73. The van der Waals surface area contributed by atoms with Gasteiger partial charge in [0.25, 0.3) is 0 Å². The van der Waals surface area contributed by atoms with Crippen LogP contribution in [-0.2, 0) is 6.54 Å². The van der Waals surface area contributed by atoms with Gasteiger partial charge in [-0.3, -0.25) is 0 Å². The van der Waals surface area contributed by atoms with Crippen molar-refractivity contribution < 1.29 is 5.11 Å². The van der Waals surface area contributed by atoms with Gasteiger partial charge in [0.1, 0.15) is 0 Å². The molecule has 0 radical (unpaired) electrons. The number of aliphatic hydroxyl groups excluding tert-OH is 1. The van der Waals surface area contributed by atoms with E-state index in [4.69, 9.17) is 16.7 Å². The van der Waals surface area contributed by atoms with E-state index in [1.54, 1.807) is 0 Å². The van der Waals surface area contributed by atoms with Crippen LogP contribution in [0.25, 0.3) is 0 Å². The molecule has 0 saturated carbocycles. The van der Waals surface area contributed by atoms with Crippen molar-refractivity contribution in [3.05, 3.63) is 33.3 Å². The van der Waals surface area contributed by atoms with Crippen molar-refractivity contribution in [3.8, 4) is 0 Å². The van der Waals surface area contributed by atoms with Gasteiger partial charge in [0.15, 0.2) is 0 Å². The van der Waals surface area contributed by atoms with Gasteiger partial charge >= 0.3 is 0 Å². The fourth-order valence-corrected chi connectivity index (χ4v) is 2.32. The van der Waals surface area contributed by atoms with Crippen LogP contribution in [0.15, 0.2) is 22.7 Å². The van der Waals surface area contributed by atoms with E-state index in [-0.39, 0.29) is 6.61 Å². The summed E-state index contributed by atoms with van der Waals surface area (Å²) >= 11 is 9.54. The van der Waals surface area contributed by atoms with Gasteiger partial charge in [-0.2, -0.15) is 0 Å². The molecule has 0 aliphatic heterocycles. The van der Waals surface area contributed by atoms with E-state index in [0.717, 1.165) is 41.0 Å². The Hall–Kier alpha value is -0.0900. The smallest absolute Gasteiger partial charge is 0.0451 e. The Morgan fingerprint density at radius 1 is 1.47 bits per heavy atom. The first-order chi connectivity index (χ1) is 8.17. The maximum atomic E-state index is 8.91. The van der Waals surface area contributed by atoms with Crippen molar-refractivity contribution in [1.29, 1.82) is 0 Å². The Morgan fingerprint density at radius 3 is 2.88 bits per heavy atom. The first-order valence-electron chi connectivity index (χ1n) is 5.92. The van der Waals surface area contributed by atoms with Gasteiger partial charge in [-0.1, -0.05) is 40.9 Å². The molecule has 4 heteroatoms. The molecular weight excluding hydrogens is 302 g/mol. The minimum Gasteiger partial charge on any atom is -0.396 e. The van der Waals surface area contributed by atoms with Crippen LogP contribution >= 0.6 is 27.5 Å². The highest BCUT2D eigenvalue weighted by molar-refractivity contribution is 9.10. The zero-order valence-corrected chi connectivity index (χ0v) is 12.4. The van der Waals surface area contributed by atoms with E-state index in [9.17, 15) is 0 Å². The van der Waals surface area contributed by atoms with Gasteiger partial charge in [-0.25, -0.2) is 0 Å². The summed E-state index contributed by atoms with van der Waals surface area (Å²) in [6.45, 7) is 4.09. The highest BCUT2D eigenvalue weighted by Crippen LogP contribution is 2.20. The first kappa shape index (κ1) is 15.0.